The van der Waals surface area contributed by atoms with Crippen LogP contribution >= 0.6 is 15.9 Å². The number of hydrogen-bond acceptors (Lipinski definition) is 2. The van der Waals surface area contributed by atoms with Gasteiger partial charge in [0, 0.05) is 22.9 Å². The van der Waals surface area contributed by atoms with Gasteiger partial charge in [0.2, 0.25) is 0 Å². The normalized spacial score (nSPS) is 12.7. The Morgan fingerprint density at radius 3 is 2.88 bits per heavy atom. The zero-order chi connectivity index (χ0) is 11.5. The molecule has 1 N–H and O–H groups in total. The molecule has 16 heavy (non-hydrogen) atoms. The lowest BCUT2D eigenvalue weighted by atomic mass is 10.1. The largest absolute Gasteiger partial charge is 0.313 e. The van der Waals surface area contributed by atoms with Crippen LogP contribution in [0.25, 0.3) is 5.69 Å². The Balaban J connectivity index is 2.53. The molecule has 1 heterocycles. The number of aromatic nitrogens is 2. The molecule has 1 aromatic heterocycles. The van der Waals surface area contributed by atoms with Crippen molar-refractivity contribution in [1.82, 2.24) is 15.1 Å². The van der Waals surface area contributed by atoms with E-state index in [0.29, 0.717) is 6.04 Å². The summed E-state index contributed by atoms with van der Waals surface area (Å²) in [4.78, 5) is 0. The van der Waals surface area contributed by atoms with Gasteiger partial charge in [0.1, 0.15) is 0 Å². The smallest absolute Gasteiger partial charge is 0.0704 e. The number of nitrogens with zero attached hydrogens (tertiary/aromatic N) is 2. The molecule has 0 amide bonds. The minimum atomic E-state index is 0.298. The van der Waals surface area contributed by atoms with E-state index >= 15 is 0 Å². The molecular formula is C12H14BrN3. The Hall–Kier alpha value is -1.13. The second-order valence-electron chi connectivity index (χ2n) is 3.66. The lowest BCUT2D eigenvalue weighted by molar-refractivity contribution is 0.644. The van der Waals surface area contributed by atoms with Gasteiger partial charge < -0.3 is 5.32 Å². The minimum absolute atomic E-state index is 0.298. The molecule has 0 aliphatic heterocycles. The average Bonchev–Trinajstić information content (AvgIpc) is 2.81. The van der Waals surface area contributed by atoms with Crippen LogP contribution < -0.4 is 5.32 Å². The molecule has 0 aliphatic carbocycles. The fraction of sp³-hybridized carbons (Fsp3) is 0.250. The van der Waals surface area contributed by atoms with Crippen LogP contribution in [-0.2, 0) is 0 Å². The summed E-state index contributed by atoms with van der Waals surface area (Å²) in [6.07, 6.45) is 3.74. The summed E-state index contributed by atoms with van der Waals surface area (Å²) in [7, 11) is 1.96. The molecule has 2 aromatic rings. The van der Waals surface area contributed by atoms with Crippen molar-refractivity contribution in [3.63, 3.8) is 0 Å². The molecule has 0 aliphatic rings. The molecular weight excluding hydrogens is 266 g/mol. The van der Waals surface area contributed by atoms with Gasteiger partial charge in [-0.15, -0.1) is 0 Å². The standard InChI is InChI=1S/C12H14BrN3/c1-9(14-2)11-5-4-10(13)8-12(11)16-7-3-6-15-16/h3-9,14H,1-2H3. The highest BCUT2D eigenvalue weighted by atomic mass is 79.9. The summed E-state index contributed by atoms with van der Waals surface area (Å²) in [6.45, 7) is 2.14. The quantitative estimate of drug-likeness (QED) is 0.936. The molecule has 84 valence electrons. The molecule has 2 rings (SSSR count). The van der Waals surface area contributed by atoms with Crippen molar-refractivity contribution in [3.05, 3.63) is 46.7 Å². The van der Waals surface area contributed by atoms with Crippen LogP contribution in [-0.4, -0.2) is 16.8 Å². The number of nitrogens with one attached hydrogen (secondary N) is 1. The Labute approximate surface area is 104 Å². The second kappa shape index (κ2) is 4.80. The Morgan fingerprint density at radius 2 is 2.25 bits per heavy atom. The third-order valence-electron chi connectivity index (χ3n) is 2.64. The summed E-state index contributed by atoms with van der Waals surface area (Å²) in [5.74, 6) is 0. The van der Waals surface area contributed by atoms with E-state index in [2.05, 4.69) is 51.5 Å². The Kier molecular flexibility index (Phi) is 3.41. The van der Waals surface area contributed by atoms with Gasteiger partial charge in [0.15, 0.2) is 0 Å². The highest BCUT2D eigenvalue weighted by Gasteiger charge is 2.10. The van der Waals surface area contributed by atoms with E-state index in [1.165, 1.54) is 5.56 Å². The van der Waals surface area contributed by atoms with E-state index in [0.717, 1.165) is 10.2 Å². The van der Waals surface area contributed by atoms with Crippen molar-refractivity contribution in [2.45, 2.75) is 13.0 Å². The highest BCUT2D eigenvalue weighted by Crippen LogP contribution is 2.24. The van der Waals surface area contributed by atoms with Crippen LogP contribution in [0.2, 0.25) is 0 Å². The molecule has 0 saturated heterocycles. The lowest BCUT2D eigenvalue weighted by Crippen LogP contribution is -2.15. The fourth-order valence-corrected chi connectivity index (χ4v) is 2.00. The zero-order valence-corrected chi connectivity index (χ0v) is 10.9. The number of rotatable bonds is 3. The molecule has 3 nitrogen and oxygen atoms in total. The predicted octanol–water partition coefficient (Wildman–Crippen LogP) is 2.92. The van der Waals surface area contributed by atoms with Crippen LogP contribution in [0.3, 0.4) is 0 Å². The Bertz CT molecular complexity index is 465. The van der Waals surface area contributed by atoms with E-state index in [9.17, 15) is 0 Å². The van der Waals surface area contributed by atoms with Gasteiger partial charge in [-0.05, 0) is 37.7 Å². The second-order valence-corrected chi connectivity index (χ2v) is 4.58. The van der Waals surface area contributed by atoms with Crippen LogP contribution in [0.15, 0.2) is 41.1 Å². The summed E-state index contributed by atoms with van der Waals surface area (Å²) >= 11 is 3.49. The van der Waals surface area contributed by atoms with Crippen LogP contribution in [0.1, 0.15) is 18.5 Å². The van der Waals surface area contributed by atoms with Gasteiger partial charge in [-0.3, -0.25) is 0 Å². The first-order chi connectivity index (χ1) is 7.72. The number of hydrogen-bond donors (Lipinski definition) is 1. The van der Waals surface area contributed by atoms with Crippen molar-refractivity contribution < 1.29 is 0 Å². The van der Waals surface area contributed by atoms with Gasteiger partial charge in [-0.1, -0.05) is 22.0 Å². The van der Waals surface area contributed by atoms with Crippen LogP contribution in [0.5, 0.6) is 0 Å². The van der Waals surface area contributed by atoms with E-state index in [1.807, 2.05) is 24.0 Å². The SMILES string of the molecule is CNC(C)c1ccc(Br)cc1-n1cccn1. The van der Waals surface area contributed by atoms with E-state index in [4.69, 9.17) is 0 Å². The first-order valence-corrected chi connectivity index (χ1v) is 5.98. The lowest BCUT2D eigenvalue weighted by Gasteiger charge is -2.16. The molecule has 0 bridgehead atoms. The maximum Gasteiger partial charge on any atom is 0.0704 e. The minimum Gasteiger partial charge on any atom is -0.313 e. The zero-order valence-electron chi connectivity index (χ0n) is 9.31. The maximum absolute atomic E-state index is 4.27. The summed E-state index contributed by atoms with van der Waals surface area (Å²) in [5.41, 5.74) is 2.33. The van der Waals surface area contributed by atoms with Crippen molar-refractivity contribution >= 4 is 15.9 Å². The molecule has 1 atom stereocenters. The monoisotopic (exact) mass is 279 g/mol. The molecule has 0 saturated carbocycles. The van der Waals surface area contributed by atoms with Crippen LogP contribution in [0, 0.1) is 0 Å². The van der Waals surface area contributed by atoms with E-state index < -0.39 is 0 Å². The van der Waals surface area contributed by atoms with Crippen LogP contribution in [0.4, 0.5) is 0 Å². The van der Waals surface area contributed by atoms with Crippen molar-refractivity contribution in [1.29, 1.82) is 0 Å². The fourth-order valence-electron chi connectivity index (χ4n) is 1.65. The van der Waals surface area contributed by atoms with Crippen molar-refractivity contribution in [3.8, 4) is 5.69 Å². The Morgan fingerprint density at radius 1 is 1.44 bits per heavy atom. The third kappa shape index (κ3) is 2.18. The third-order valence-corrected chi connectivity index (χ3v) is 3.14. The van der Waals surface area contributed by atoms with Gasteiger partial charge in [-0.2, -0.15) is 5.10 Å². The molecule has 4 heteroatoms. The molecule has 0 radical (unpaired) electrons. The summed E-state index contributed by atoms with van der Waals surface area (Å²) < 4.78 is 2.94. The highest BCUT2D eigenvalue weighted by molar-refractivity contribution is 9.10. The maximum atomic E-state index is 4.27. The number of benzene rings is 1. The summed E-state index contributed by atoms with van der Waals surface area (Å²) in [5, 5.41) is 7.52. The van der Waals surface area contributed by atoms with Gasteiger partial charge >= 0.3 is 0 Å². The number of halogens is 1. The molecule has 1 unspecified atom stereocenters. The molecule has 0 fully saturated rings. The average molecular weight is 280 g/mol. The predicted molar refractivity (Wildman–Crippen MR) is 68.7 cm³/mol. The molecule has 1 aromatic carbocycles. The van der Waals surface area contributed by atoms with Crippen molar-refractivity contribution in [2.24, 2.45) is 0 Å². The van der Waals surface area contributed by atoms with Crippen molar-refractivity contribution in [2.75, 3.05) is 7.05 Å². The topological polar surface area (TPSA) is 29.9 Å². The van der Waals surface area contributed by atoms with E-state index in [1.54, 1.807) is 6.20 Å². The van der Waals surface area contributed by atoms with Gasteiger partial charge in [0.25, 0.3) is 0 Å². The van der Waals surface area contributed by atoms with E-state index in [-0.39, 0.29) is 0 Å². The summed E-state index contributed by atoms with van der Waals surface area (Å²) in [6, 6.07) is 8.47. The molecule has 0 spiro atoms. The van der Waals surface area contributed by atoms with Gasteiger partial charge in [0.05, 0.1) is 5.69 Å². The first kappa shape index (κ1) is 11.4. The van der Waals surface area contributed by atoms with Gasteiger partial charge in [-0.25, -0.2) is 4.68 Å². The first-order valence-electron chi connectivity index (χ1n) is 5.19.